The van der Waals surface area contributed by atoms with Crippen molar-refractivity contribution in [2.24, 2.45) is 11.8 Å². The summed E-state index contributed by atoms with van der Waals surface area (Å²) in [5.74, 6) is 1.89. The molecule has 1 fully saturated rings. The van der Waals surface area contributed by atoms with Gasteiger partial charge in [0.25, 0.3) is 0 Å². The van der Waals surface area contributed by atoms with Gasteiger partial charge in [-0.05, 0) is 58.3 Å². The average Bonchev–Trinajstić information content (AvgIpc) is 2.49. The number of anilines is 2. The first-order valence-electron chi connectivity index (χ1n) is 8.72. The molecule has 1 aliphatic carbocycles. The van der Waals surface area contributed by atoms with Crippen molar-refractivity contribution in [3.63, 3.8) is 0 Å². The molecular weight excluding hydrogens is 342 g/mol. The second-order valence-corrected chi connectivity index (χ2v) is 7.98. The molecule has 0 atom stereocenters. The number of alkyl carbamates (subject to hydrolysis) is 1. The molecule has 0 saturated heterocycles. The number of carbonyl (C=O) groups excluding carboxylic acids is 1. The Balaban J connectivity index is 1.67. The fraction of sp³-hybridized carbons (Fsp3) is 0.706. The molecule has 7 nitrogen and oxygen atoms in total. The molecule has 0 bridgehead atoms. The number of nitrogen functional groups attached to an aromatic ring is 1. The third-order valence-electron chi connectivity index (χ3n) is 4.16. The molecule has 2 rings (SSSR count). The van der Waals surface area contributed by atoms with E-state index in [1.165, 1.54) is 6.07 Å². The SMILES string of the molecule is CC(C)(C)OC(=O)NC[C@H]1CC[C@@H](CNc2nc(N)cc(Cl)n2)CC1. The van der Waals surface area contributed by atoms with Gasteiger partial charge in [0, 0.05) is 19.2 Å². The Morgan fingerprint density at radius 2 is 1.84 bits per heavy atom. The van der Waals surface area contributed by atoms with Gasteiger partial charge in [-0.1, -0.05) is 11.6 Å². The number of halogens is 1. The van der Waals surface area contributed by atoms with Gasteiger partial charge in [-0.3, -0.25) is 0 Å². The maximum atomic E-state index is 11.7. The summed E-state index contributed by atoms with van der Waals surface area (Å²) in [4.78, 5) is 19.9. The van der Waals surface area contributed by atoms with E-state index in [0.717, 1.165) is 32.2 Å². The van der Waals surface area contributed by atoms with Crippen LogP contribution in [0.4, 0.5) is 16.6 Å². The molecule has 0 aromatic carbocycles. The molecule has 140 valence electrons. The van der Waals surface area contributed by atoms with Gasteiger partial charge in [-0.25, -0.2) is 9.78 Å². The molecular formula is C17H28ClN5O2. The molecule has 25 heavy (non-hydrogen) atoms. The predicted octanol–water partition coefficient (Wildman–Crippen LogP) is 3.46. The molecule has 4 N–H and O–H groups in total. The maximum absolute atomic E-state index is 11.7. The standard InChI is InChI=1S/C17H28ClN5O2/c1-17(2,3)25-16(24)21-10-12-6-4-11(5-7-12)9-20-15-22-13(18)8-14(19)23-15/h8,11-12H,4-7,9-10H2,1-3H3,(H,21,24)(H3,19,20,22,23)/t11-,12+. The van der Waals surface area contributed by atoms with E-state index in [2.05, 4.69) is 20.6 Å². The van der Waals surface area contributed by atoms with Gasteiger partial charge >= 0.3 is 6.09 Å². The number of hydrogen-bond donors (Lipinski definition) is 3. The van der Waals surface area contributed by atoms with Crippen LogP contribution in [0.2, 0.25) is 5.15 Å². The van der Waals surface area contributed by atoms with Gasteiger partial charge in [0.15, 0.2) is 0 Å². The van der Waals surface area contributed by atoms with Crippen LogP contribution >= 0.6 is 11.6 Å². The molecule has 8 heteroatoms. The van der Waals surface area contributed by atoms with Crippen LogP contribution in [-0.2, 0) is 4.74 Å². The van der Waals surface area contributed by atoms with Crippen LogP contribution in [0.25, 0.3) is 0 Å². The van der Waals surface area contributed by atoms with Crippen molar-refractivity contribution >= 4 is 29.5 Å². The lowest BCUT2D eigenvalue weighted by atomic mass is 9.82. The van der Waals surface area contributed by atoms with Gasteiger partial charge in [0.1, 0.15) is 16.6 Å². The van der Waals surface area contributed by atoms with Crippen molar-refractivity contribution in [3.05, 3.63) is 11.2 Å². The van der Waals surface area contributed by atoms with Crippen LogP contribution in [0.5, 0.6) is 0 Å². The number of nitrogens with one attached hydrogen (secondary N) is 2. The second kappa shape index (κ2) is 8.56. The van der Waals surface area contributed by atoms with Crippen LogP contribution in [-0.4, -0.2) is 34.8 Å². The Bertz CT molecular complexity index is 563. The van der Waals surface area contributed by atoms with Crippen LogP contribution in [0.3, 0.4) is 0 Å². The summed E-state index contributed by atoms with van der Waals surface area (Å²) in [6, 6.07) is 1.52. The number of ether oxygens (including phenoxy) is 1. The normalized spacial score (nSPS) is 20.8. The molecule has 1 amide bonds. The summed E-state index contributed by atoms with van der Waals surface area (Å²) in [5.41, 5.74) is 5.20. The van der Waals surface area contributed by atoms with Crippen LogP contribution in [0, 0.1) is 11.8 Å². The summed E-state index contributed by atoms with van der Waals surface area (Å²) in [6.45, 7) is 7.06. The van der Waals surface area contributed by atoms with Gasteiger partial charge in [-0.2, -0.15) is 4.98 Å². The van der Waals surface area contributed by atoms with Crippen LogP contribution in [0.1, 0.15) is 46.5 Å². The highest BCUT2D eigenvalue weighted by molar-refractivity contribution is 6.29. The van der Waals surface area contributed by atoms with Gasteiger partial charge < -0.3 is 21.1 Å². The Morgan fingerprint density at radius 1 is 1.24 bits per heavy atom. The molecule has 1 saturated carbocycles. The number of nitrogens with zero attached hydrogens (tertiary/aromatic N) is 2. The quantitative estimate of drug-likeness (QED) is 0.687. The first-order valence-corrected chi connectivity index (χ1v) is 9.10. The van der Waals surface area contributed by atoms with E-state index < -0.39 is 5.60 Å². The molecule has 0 radical (unpaired) electrons. The van der Waals surface area contributed by atoms with Crippen molar-refractivity contribution in [2.45, 2.75) is 52.1 Å². The highest BCUT2D eigenvalue weighted by atomic mass is 35.5. The summed E-state index contributed by atoms with van der Waals surface area (Å²) < 4.78 is 5.26. The Morgan fingerprint density at radius 3 is 2.40 bits per heavy atom. The Kier molecular flexibility index (Phi) is 6.70. The monoisotopic (exact) mass is 369 g/mol. The van der Waals surface area contributed by atoms with Crippen molar-refractivity contribution in [1.29, 1.82) is 0 Å². The number of rotatable bonds is 5. The maximum Gasteiger partial charge on any atom is 0.407 e. The van der Waals surface area contributed by atoms with Gasteiger partial charge in [0.05, 0.1) is 0 Å². The molecule has 1 aromatic heterocycles. The van der Waals surface area contributed by atoms with E-state index in [-0.39, 0.29) is 6.09 Å². The smallest absolute Gasteiger partial charge is 0.407 e. The average molecular weight is 370 g/mol. The molecule has 0 spiro atoms. The number of aromatic nitrogens is 2. The van der Waals surface area contributed by atoms with Crippen molar-refractivity contribution in [1.82, 2.24) is 15.3 Å². The van der Waals surface area contributed by atoms with Crippen LogP contribution < -0.4 is 16.4 Å². The van der Waals surface area contributed by atoms with E-state index in [1.807, 2.05) is 20.8 Å². The van der Waals surface area contributed by atoms with Crippen LogP contribution in [0.15, 0.2) is 6.07 Å². The summed E-state index contributed by atoms with van der Waals surface area (Å²) >= 11 is 5.88. The number of carbonyl (C=O) groups is 1. The van der Waals surface area contributed by atoms with Crippen molar-refractivity contribution in [2.75, 3.05) is 24.1 Å². The second-order valence-electron chi connectivity index (χ2n) is 7.59. The summed E-state index contributed by atoms with van der Waals surface area (Å²) in [5, 5.41) is 6.42. The molecule has 0 aliphatic heterocycles. The van der Waals surface area contributed by atoms with E-state index in [9.17, 15) is 4.79 Å². The summed E-state index contributed by atoms with van der Waals surface area (Å²) in [7, 11) is 0. The molecule has 1 heterocycles. The first-order chi connectivity index (χ1) is 11.7. The summed E-state index contributed by atoms with van der Waals surface area (Å²) in [6.07, 6.45) is 4.03. The highest BCUT2D eigenvalue weighted by Crippen LogP contribution is 2.28. The largest absolute Gasteiger partial charge is 0.444 e. The number of hydrogen-bond acceptors (Lipinski definition) is 6. The fourth-order valence-corrected chi connectivity index (χ4v) is 3.12. The lowest BCUT2D eigenvalue weighted by molar-refractivity contribution is 0.0513. The lowest BCUT2D eigenvalue weighted by Crippen LogP contribution is -2.36. The minimum atomic E-state index is -0.459. The van der Waals surface area contributed by atoms with E-state index in [0.29, 0.717) is 35.3 Å². The third kappa shape index (κ3) is 7.34. The first kappa shape index (κ1) is 19.6. The predicted molar refractivity (Wildman–Crippen MR) is 99.6 cm³/mol. The van der Waals surface area contributed by atoms with Crippen molar-refractivity contribution < 1.29 is 9.53 Å². The minimum Gasteiger partial charge on any atom is -0.444 e. The van der Waals surface area contributed by atoms with E-state index in [1.54, 1.807) is 0 Å². The van der Waals surface area contributed by atoms with E-state index in [4.69, 9.17) is 22.1 Å². The zero-order valence-electron chi connectivity index (χ0n) is 15.1. The van der Waals surface area contributed by atoms with Gasteiger partial charge in [0.2, 0.25) is 5.95 Å². The molecule has 0 unspecified atom stereocenters. The zero-order chi connectivity index (χ0) is 18.4. The lowest BCUT2D eigenvalue weighted by Gasteiger charge is -2.29. The zero-order valence-corrected chi connectivity index (χ0v) is 15.9. The fourth-order valence-electron chi connectivity index (χ4n) is 2.93. The number of amides is 1. The van der Waals surface area contributed by atoms with Crippen molar-refractivity contribution in [3.8, 4) is 0 Å². The van der Waals surface area contributed by atoms with E-state index >= 15 is 0 Å². The minimum absolute atomic E-state index is 0.340. The number of nitrogens with two attached hydrogens (primary N) is 1. The highest BCUT2D eigenvalue weighted by Gasteiger charge is 2.23. The molecule has 1 aromatic rings. The Hall–Kier alpha value is -1.76. The van der Waals surface area contributed by atoms with Gasteiger partial charge in [-0.15, -0.1) is 0 Å². The topological polar surface area (TPSA) is 102 Å². The molecule has 1 aliphatic rings. The third-order valence-corrected chi connectivity index (χ3v) is 4.36. The Labute approximate surface area is 154 Å².